The Balaban J connectivity index is 1.37. The molecule has 0 atom stereocenters. The molecule has 10 heteroatoms. The van der Waals surface area contributed by atoms with Crippen molar-refractivity contribution in [2.45, 2.75) is 86.3 Å². The van der Waals surface area contributed by atoms with E-state index in [1.807, 2.05) is 29.2 Å². The molecule has 0 bridgehead atoms. The minimum Gasteiger partial charge on any atom is -0.480 e. The van der Waals surface area contributed by atoms with Crippen LogP contribution >= 0.6 is 34.7 Å². The van der Waals surface area contributed by atoms with E-state index in [1.54, 1.807) is 6.20 Å². The van der Waals surface area contributed by atoms with Gasteiger partial charge in [0.2, 0.25) is 0 Å². The van der Waals surface area contributed by atoms with Crippen LogP contribution in [0.3, 0.4) is 0 Å². The Morgan fingerprint density at radius 2 is 1.95 bits per heavy atom. The molecule has 4 rings (SSSR count). The van der Waals surface area contributed by atoms with Gasteiger partial charge in [-0.3, -0.25) is 10.1 Å². The lowest BCUT2D eigenvalue weighted by atomic mass is 9.86. The highest BCUT2D eigenvalue weighted by Gasteiger charge is 2.41. The second-order valence-electron chi connectivity index (χ2n) is 10.1. The van der Waals surface area contributed by atoms with Gasteiger partial charge in [0, 0.05) is 17.6 Å². The van der Waals surface area contributed by atoms with E-state index >= 15 is 0 Å². The predicted octanol–water partition coefficient (Wildman–Crippen LogP) is 7.31. The van der Waals surface area contributed by atoms with Crippen LogP contribution < -0.4 is 5.32 Å². The van der Waals surface area contributed by atoms with Crippen LogP contribution in [0.15, 0.2) is 34.7 Å². The number of benzene rings is 1. The van der Waals surface area contributed by atoms with Gasteiger partial charge in [-0.05, 0) is 56.1 Å². The number of halogens is 1. The molecule has 0 radical (unpaired) electrons. The average Bonchev–Trinajstić information content (AvgIpc) is 3.32. The topological polar surface area (TPSA) is 91.8 Å². The lowest BCUT2D eigenvalue weighted by Gasteiger charge is -2.36. The monoisotopic (exact) mass is 565 g/mol. The number of thioether (sulfide) groups is 1. The molecule has 2 aliphatic rings. The van der Waals surface area contributed by atoms with Crippen molar-refractivity contribution in [2.75, 3.05) is 18.5 Å². The van der Waals surface area contributed by atoms with Crippen molar-refractivity contribution in [3.8, 4) is 0 Å². The molecular weight excluding hydrogens is 530 g/mol. The Kier molecular flexibility index (Phi) is 10.1. The molecule has 202 valence electrons. The Bertz CT molecular complexity index is 1050. The molecule has 0 unspecified atom stereocenters. The van der Waals surface area contributed by atoms with E-state index in [9.17, 15) is 14.7 Å². The van der Waals surface area contributed by atoms with Gasteiger partial charge in [0.1, 0.15) is 4.75 Å². The number of hydrogen-bond acceptors (Lipinski definition) is 6. The number of thiazole rings is 1. The zero-order valence-corrected chi connectivity index (χ0v) is 23.7. The minimum atomic E-state index is -0.796. The molecule has 7 nitrogen and oxygen atoms in total. The van der Waals surface area contributed by atoms with E-state index in [1.165, 1.54) is 23.1 Å². The molecule has 1 heterocycles. The van der Waals surface area contributed by atoms with E-state index in [4.69, 9.17) is 16.3 Å². The molecule has 2 saturated carbocycles. The molecule has 0 saturated heterocycles. The summed E-state index contributed by atoms with van der Waals surface area (Å²) in [4.78, 5) is 31.7. The van der Waals surface area contributed by atoms with Crippen LogP contribution in [0, 0.1) is 5.92 Å². The van der Waals surface area contributed by atoms with Crippen molar-refractivity contribution in [1.29, 1.82) is 0 Å². The minimum absolute atomic E-state index is 0.159. The van der Waals surface area contributed by atoms with Gasteiger partial charge < -0.3 is 14.7 Å². The number of carbonyl (C=O) groups excluding carboxylic acids is 1. The highest BCUT2D eigenvalue weighted by atomic mass is 35.5. The zero-order chi connectivity index (χ0) is 26.3. The van der Waals surface area contributed by atoms with Gasteiger partial charge in [-0.25, -0.2) is 9.78 Å². The number of urea groups is 1. The first-order valence-electron chi connectivity index (χ1n) is 13.1. The number of anilines is 1. The van der Waals surface area contributed by atoms with Gasteiger partial charge in [0.05, 0.1) is 23.6 Å². The van der Waals surface area contributed by atoms with Gasteiger partial charge in [-0.1, -0.05) is 79.1 Å². The number of nitrogens with zero attached hydrogens (tertiary/aromatic N) is 2. The van der Waals surface area contributed by atoms with Gasteiger partial charge in [-0.2, -0.15) is 0 Å². The third kappa shape index (κ3) is 7.62. The lowest BCUT2D eigenvalue weighted by Crippen LogP contribution is -2.46. The maximum atomic E-state index is 13.4. The van der Waals surface area contributed by atoms with Crippen LogP contribution in [0.1, 0.15) is 70.3 Å². The SMILES string of the molecule is C[C@H]1CC[C@H](N(CCOCc2ccccc2Cl)C(=O)Nc2ncc(SC3(C(=O)O)CCCCC3)s2)CC1. The van der Waals surface area contributed by atoms with Crippen molar-refractivity contribution >= 4 is 51.8 Å². The van der Waals surface area contributed by atoms with Gasteiger partial charge in [-0.15, -0.1) is 0 Å². The fourth-order valence-corrected chi connectivity index (χ4v) is 7.85. The summed E-state index contributed by atoms with van der Waals surface area (Å²) in [7, 11) is 0. The molecule has 0 spiro atoms. The number of hydrogen-bond donors (Lipinski definition) is 2. The number of ether oxygens (including phenoxy) is 1. The summed E-state index contributed by atoms with van der Waals surface area (Å²) in [6, 6.07) is 7.58. The summed E-state index contributed by atoms with van der Waals surface area (Å²) in [5.41, 5.74) is 0.927. The fourth-order valence-electron chi connectivity index (χ4n) is 5.17. The third-order valence-electron chi connectivity index (χ3n) is 7.42. The molecule has 2 aliphatic carbocycles. The van der Waals surface area contributed by atoms with Crippen LogP contribution in [0.5, 0.6) is 0 Å². The van der Waals surface area contributed by atoms with Crippen molar-refractivity contribution < 1.29 is 19.4 Å². The van der Waals surface area contributed by atoms with Crippen LogP contribution in [0.4, 0.5) is 9.93 Å². The molecule has 2 amide bonds. The number of carbonyl (C=O) groups is 2. The first-order valence-corrected chi connectivity index (χ1v) is 15.1. The molecule has 0 aliphatic heterocycles. The number of carboxylic acids is 1. The molecule has 2 fully saturated rings. The Labute approximate surface area is 232 Å². The molecule has 1 aromatic carbocycles. The summed E-state index contributed by atoms with van der Waals surface area (Å²) < 4.78 is 5.91. The van der Waals surface area contributed by atoms with E-state index in [0.717, 1.165) is 54.7 Å². The standard InChI is InChI=1S/C27H36ClN3O4S2/c1-19-9-11-21(12-10-19)31(15-16-35-18-20-7-3-4-8-22(20)28)26(34)30-25-29-17-23(36-25)37-27(24(32)33)13-5-2-6-14-27/h3-4,7-8,17,19,21H,2,5-6,9-16,18H2,1H3,(H,32,33)(H,29,30,34)/t19-,21-. The molecule has 2 N–H and O–H groups in total. The Morgan fingerprint density at radius 1 is 1.22 bits per heavy atom. The number of aliphatic carboxylic acids is 1. The fraction of sp³-hybridized carbons (Fsp3) is 0.593. The number of aromatic nitrogens is 1. The van der Waals surface area contributed by atoms with Crippen LogP contribution in [-0.4, -0.2) is 50.9 Å². The quantitative estimate of drug-likeness (QED) is 0.293. The second kappa shape index (κ2) is 13.3. The van der Waals surface area contributed by atoms with Crippen LogP contribution in [0.2, 0.25) is 5.02 Å². The van der Waals surface area contributed by atoms with E-state index in [-0.39, 0.29) is 12.1 Å². The molecular formula is C27H36ClN3O4S2. The van der Waals surface area contributed by atoms with Gasteiger partial charge in [0.15, 0.2) is 5.13 Å². The number of nitrogens with one attached hydrogen (secondary N) is 1. The van der Waals surface area contributed by atoms with E-state index in [2.05, 4.69) is 17.2 Å². The van der Waals surface area contributed by atoms with Gasteiger partial charge >= 0.3 is 12.0 Å². The molecule has 2 aromatic rings. The van der Waals surface area contributed by atoms with E-state index < -0.39 is 10.7 Å². The van der Waals surface area contributed by atoms with Crippen molar-refractivity contribution in [1.82, 2.24) is 9.88 Å². The Morgan fingerprint density at radius 3 is 2.65 bits per heavy atom. The Hall–Kier alpha value is -1.81. The first-order chi connectivity index (χ1) is 17.9. The number of rotatable bonds is 10. The zero-order valence-electron chi connectivity index (χ0n) is 21.3. The predicted molar refractivity (Wildman–Crippen MR) is 150 cm³/mol. The van der Waals surface area contributed by atoms with Crippen LogP contribution in [0.25, 0.3) is 0 Å². The smallest absolute Gasteiger partial charge is 0.323 e. The van der Waals surface area contributed by atoms with Crippen LogP contribution in [-0.2, 0) is 16.1 Å². The average molecular weight is 566 g/mol. The summed E-state index contributed by atoms with van der Waals surface area (Å²) in [6.45, 7) is 3.54. The van der Waals surface area contributed by atoms with Gasteiger partial charge in [0.25, 0.3) is 0 Å². The highest BCUT2D eigenvalue weighted by Crippen LogP contribution is 2.46. The molecule has 1 aromatic heterocycles. The highest BCUT2D eigenvalue weighted by molar-refractivity contribution is 8.03. The van der Waals surface area contributed by atoms with Crippen molar-refractivity contribution in [2.24, 2.45) is 5.92 Å². The third-order valence-corrected chi connectivity index (χ3v) is 10.3. The number of amides is 2. The van der Waals surface area contributed by atoms with Crippen molar-refractivity contribution in [3.63, 3.8) is 0 Å². The summed E-state index contributed by atoms with van der Waals surface area (Å²) >= 11 is 8.96. The maximum Gasteiger partial charge on any atom is 0.323 e. The summed E-state index contributed by atoms with van der Waals surface area (Å²) in [6.07, 6.45) is 10.1. The number of carboxylic acid groups (broad SMARTS) is 1. The largest absolute Gasteiger partial charge is 0.480 e. The normalized spacial score (nSPS) is 21.4. The lowest BCUT2D eigenvalue weighted by molar-refractivity contribution is -0.140. The van der Waals surface area contributed by atoms with E-state index in [0.29, 0.717) is 48.7 Å². The van der Waals surface area contributed by atoms with Crippen molar-refractivity contribution in [3.05, 3.63) is 41.0 Å². The summed E-state index contributed by atoms with van der Waals surface area (Å²) in [5, 5.41) is 14.0. The second-order valence-corrected chi connectivity index (χ2v) is 13.2. The first kappa shape index (κ1) is 28.2. The molecule has 37 heavy (non-hydrogen) atoms. The summed E-state index contributed by atoms with van der Waals surface area (Å²) in [5.74, 6) is -0.0804. The maximum absolute atomic E-state index is 13.4.